The third-order valence-electron chi connectivity index (χ3n) is 4.10. The minimum Gasteiger partial charge on any atom is -0.322 e. The van der Waals surface area contributed by atoms with Gasteiger partial charge in [-0.3, -0.25) is 10.1 Å². The Morgan fingerprint density at radius 1 is 1.41 bits per heavy atom. The molecular weight excluding hydrogens is 214 g/mol. The summed E-state index contributed by atoms with van der Waals surface area (Å²) in [5, 5.41) is 3.35. The van der Waals surface area contributed by atoms with Crippen molar-refractivity contribution in [3.63, 3.8) is 0 Å². The number of nitrogens with one attached hydrogen (secondary N) is 1. The molecule has 17 heavy (non-hydrogen) atoms. The zero-order valence-electron chi connectivity index (χ0n) is 11.4. The second-order valence-corrected chi connectivity index (χ2v) is 5.97. The van der Waals surface area contributed by atoms with Crippen molar-refractivity contribution >= 4 is 5.91 Å². The summed E-state index contributed by atoms with van der Waals surface area (Å²) < 4.78 is 0. The first kappa shape index (κ1) is 12.8. The normalized spacial score (nSPS) is 35.9. The maximum Gasteiger partial charge on any atom is 0.238 e. The molecule has 2 fully saturated rings. The van der Waals surface area contributed by atoms with E-state index in [2.05, 4.69) is 42.9 Å². The lowest BCUT2D eigenvalue weighted by molar-refractivity contribution is -0.133. The van der Waals surface area contributed by atoms with Crippen LogP contribution in [-0.4, -0.2) is 54.6 Å². The number of carbonyl (C=O) groups excluding carboxylic acids is 1. The lowest BCUT2D eigenvalue weighted by atomic mass is 9.91. The molecule has 0 radical (unpaired) electrons. The molecule has 3 atom stereocenters. The highest BCUT2D eigenvalue weighted by molar-refractivity contribution is 5.81. The fourth-order valence-electron chi connectivity index (χ4n) is 3.24. The highest BCUT2D eigenvalue weighted by Gasteiger charge is 2.40. The van der Waals surface area contributed by atoms with E-state index in [0.717, 1.165) is 19.5 Å². The Balaban J connectivity index is 2.11. The van der Waals surface area contributed by atoms with Crippen LogP contribution < -0.4 is 5.32 Å². The maximum absolute atomic E-state index is 12.1. The van der Waals surface area contributed by atoms with Crippen LogP contribution in [0, 0.1) is 11.8 Å². The van der Waals surface area contributed by atoms with Crippen LogP contribution >= 0.6 is 0 Å². The van der Waals surface area contributed by atoms with Gasteiger partial charge in [0.2, 0.25) is 5.91 Å². The number of hydrogen-bond donors (Lipinski definition) is 1. The first-order chi connectivity index (χ1) is 8.00. The number of nitrogens with zero attached hydrogens (tertiary/aromatic N) is 2. The molecule has 0 aliphatic carbocycles. The second-order valence-electron chi connectivity index (χ2n) is 5.97. The van der Waals surface area contributed by atoms with Crippen molar-refractivity contribution in [1.82, 2.24) is 15.1 Å². The van der Waals surface area contributed by atoms with E-state index in [0.29, 0.717) is 24.4 Å². The Morgan fingerprint density at radius 3 is 2.71 bits per heavy atom. The van der Waals surface area contributed by atoms with Gasteiger partial charge in [0, 0.05) is 12.6 Å². The minimum atomic E-state index is 0.235. The van der Waals surface area contributed by atoms with Gasteiger partial charge in [0.25, 0.3) is 0 Å². The predicted molar refractivity (Wildman–Crippen MR) is 68.5 cm³/mol. The van der Waals surface area contributed by atoms with Crippen molar-refractivity contribution in [2.45, 2.75) is 39.4 Å². The van der Waals surface area contributed by atoms with Gasteiger partial charge in [0.15, 0.2) is 0 Å². The van der Waals surface area contributed by atoms with Crippen LogP contribution in [0.4, 0.5) is 0 Å². The molecule has 0 aromatic rings. The van der Waals surface area contributed by atoms with Gasteiger partial charge in [-0.2, -0.15) is 0 Å². The molecule has 0 saturated carbocycles. The zero-order chi connectivity index (χ0) is 12.6. The summed E-state index contributed by atoms with van der Waals surface area (Å²) in [7, 11) is 2.16. The number of hydrogen-bond acceptors (Lipinski definition) is 3. The lowest BCUT2D eigenvalue weighted by Crippen LogP contribution is -2.54. The van der Waals surface area contributed by atoms with Crippen molar-refractivity contribution in [3.05, 3.63) is 0 Å². The summed E-state index contributed by atoms with van der Waals surface area (Å²) >= 11 is 0. The monoisotopic (exact) mass is 239 g/mol. The number of carbonyl (C=O) groups is 1. The van der Waals surface area contributed by atoms with Crippen molar-refractivity contribution in [2.24, 2.45) is 11.8 Å². The number of likely N-dealkylation sites (tertiary alicyclic amines) is 1. The van der Waals surface area contributed by atoms with E-state index in [4.69, 9.17) is 0 Å². The van der Waals surface area contributed by atoms with Gasteiger partial charge in [-0.1, -0.05) is 20.8 Å². The molecule has 1 N–H and O–H groups in total. The molecule has 2 saturated heterocycles. The van der Waals surface area contributed by atoms with Crippen molar-refractivity contribution in [2.75, 3.05) is 26.7 Å². The first-order valence-electron chi connectivity index (χ1n) is 6.73. The lowest BCUT2D eigenvalue weighted by Gasteiger charge is -2.43. The molecule has 2 heterocycles. The van der Waals surface area contributed by atoms with Gasteiger partial charge in [-0.25, -0.2) is 0 Å². The molecular formula is C13H25N3O. The van der Waals surface area contributed by atoms with Crippen LogP contribution in [0.3, 0.4) is 0 Å². The summed E-state index contributed by atoms with van der Waals surface area (Å²) in [4.78, 5) is 16.6. The van der Waals surface area contributed by atoms with Gasteiger partial charge in [0.05, 0.1) is 12.7 Å². The average molecular weight is 239 g/mol. The molecule has 2 rings (SSSR count). The Hall–Kier alpha value is -0.610. The molecule has 0 spiro atoms. The minimum absolute atomic E-state index is 0.235. The van der Waals surface area contributed by atoms with E-state index in [1.807, 2.05) is 0 Å². The molecule has 1 amide bonds. The van der Waals surface area contributed by atoms with E-state index in [1.54, 1.807) is 0 Å². The summed E-state index contributed by atoms with van der Waals surface area (Å²) in [5.41, 5.74) is 0. The smallest absolute Gasteiger partial charge is 0.238 e. The predicted octanol–water partition coefficient (Wildman–Crippen LogP) is 0.741. The summed E-state index contributed by atoms with van der Waals surface area (Å²) in [6.45, 7) is 9.35. The van der Waals surface area contributed by atoms with Crippen LogP contribution in [0.5, 0.6) is 0 Å². The molecule has 0 bridgehead atoms. The standard InChI is InChI=1S/C13H25N3O/c1-9(2)13-14-7-12(17)16(13)11-5-6-15(4)8-10(11)3/h9-11,13-14H,5-8H2,1-4H3. The average Bonchev–Trinajstić information content (AvgIpc) is 2.60. The Kier molecular flexibility index (Phi) is 3.73. The Labute approximate surface area is 104 Å². The van der Waals surface area contributed by atoms with Gasteiger partial charge in [0.1, 0.15) is 0 Å². The highest BCUT2D eigenvalue weighted by Crippen LogP contribution is 2.27. The van der Waals surface area contributed by atoms with Gasteiger partial charge in [-0.15, -0.1) is 0 Å². The van der Waals surface area contributed by atoms with Gasteiger partial charge >= 0.3 is 0 Å². The fraction of sp³-hybridized carbons (Fsp3) is 0.923. The third-order valence-corrected chi connectivity index (χ3v) is 4.10. The van der Waals surface area contributed by atoms with Gasteiger partial charge < -0.3 is 9.80 Å². The molecule has 98 valence electrons. The molecule has 0 aromatic heterocycles. The third kappa shape index (κ3) is 2.47. The molecule has 4 heteroatoms. The van der Waals surface area contributed by atoms with Crippen LogP contribution in [0.15, 0.2) is 0 Å². The SMILES string of the molecule is CC(C)C1NCC(=O)N1C1CCN(C)CC1C. The largest absolute Gasteiger partial charge is 0.322 e. The molecule has 2 aliphatic rings. The Morgan fingerprint density at radius 2 is 2.12 bits per heavy atom. The number of rotatable bonds is 2. The molecule has 4 nitrogen and oxygen atoms in total. The van der Waals surface area contributed by atoms with E-state index >= 15 is 0 Å². The fourth-order valence-corrected chi connectivity index (χ4v) is 3.24. The van der Waals surface area contributed by atoms with Crippen LogP contribution in [0.25, 0.3) is 0 Å². The second kappa shape index (κ2) is 4.94. The van der Waals surface area contributed by atoms with Crippen molar-refractivity contribution in [1.29, 1.82) is 0 Å². The van der Waals surface area contributed by atoms with E-state index < -0.39 is 0 Å². The Bertz CT molecular complexity index is 292. The van der Waals surface area contributed by atoms with E-state index in [1.165, 1.54) is 0 Å². The highest BCUT2D eigenvalue weighted by atomic mass is 16.2. The maximum atomic E-state index is 12.1. The van der Waals surface area contributed by atoms with Crippen LogP contribution in [0.2, 0.25) is 0 Å². The molecule has 2 aliphatic heterocycles. The van der Waals surface area contributed by atoms with Crippen molar-refractivity contribution < 1.29 is 4.79 Å². The molecule has 3 unspecified atom stereocenters. The number of amides is 1. The topological polar surface area (TPSA) is 35.6 Å². The summed E-state index contributed by atoms with van der Waals surface area (Å²) in [6, 6.07) is 0.418. The first-order valence-corrected chi connectivity index (χ1v) is 6.73. The zero-order valence-corrected chi connectivity index (χ0v) is 11.4. The van der Waals surface area contributed by atoms with Crippen LogP contribution in [0.1, 0.15) is 27.2 Å². The molecule has 0 aromatic carbocycles. The quantitative estimate of drug-likeness (QED) is 0.772. The van der Waals surface area contributed by atoms with Gasteiger partial charge in [-0.05, 0) is 31.8 Å². The van der Waals surface area contributed by atoms with Crippen molar-refractivity contribution in [3.8, 4) is 0 Å². The van der Waals surface area contributed by atoms with E-state index in [9.17, 15) is 4.79 Å². The summed E-state index contributed by atoms with van der Waals surface area (Å²) in [5.74, 6) is 1.33. The number of piperidine rings is 1. The summed E-state index contributed by atoms with van der Waals surface area (Å²) in [6.07, 6.45) is 1.34. The van der Waals surface area contributed by atoms with Crippen LogP contribution in [-0.2, 0) is 4.79 Å². The van der Waals surface area contributed by atoms with E-state index in [-0.39, 0.29) is 12.1 Å².